The first-order chi connectivity index (χ1) is 24.6. The van der Waals surface area contributed by atoms with E-state index in [4.69, 9.17) is 9.47 Å². The number of benzene rings is 1. The monoisotopic (exact) mass is 882 g/mol. The minimum atomic E-state index is -8.39. The molecule has 0 bridgehead atoms. The summed E-state index contributed by atoms with van der Waals surface area (Å²) in [5.74, 6) is -79.6. The standard InChI is InChI=1S/C28H20F26O2/c29-17(30,19(33,34)21(37,38)23(41,42)25(45,46)27(49,50)51)10-8-16(12-55-15(56-13-16)7-6-14-4-2-1-3-5-14)9-11-18(31,32)20(35,36)22(39,40)24(43,44)26(47,48)28(52,53)54/h1-7,15H,8-13H2. The average molecular weight is 882 g/mol. The molecule has 1 saturated heterocycles. The summed E-state index contributed by atoms with van der Waals surface area (Å²) < 4.78 is 362. The molecule has 0 aliphatic carbocycles. The summed E-state index contributed by atoms with van der Waals surface area (Å²) in [6.07, 6.45) is -26.5. The number of ether oxygens (including phenoxy) is 2. The smallest absolute Gasteiger partial charge is 0.348 e. The van der Waals surface area contributed by atoms with Gasteiger partial charge in [-0.15, -0.1) is 0 Å². The SMILES string of the molecule is FC(F)(F)C(F)(F)C(F)(F)C(F)(F)C(F)(F)C(F)(F)CCC1(CCC(F)(F)C(F)(F)C(F)(F)C(F)(F)C(F)(F)C(F)(F)F)COC(C=Cc2ccccc2)OC1. The van der Waals surface area contributed by atoms with Crippen molar-refractivity contribution in [2.75, 3.05) is 13.2 Å². The van der Waals surface area contributed by atoms with Gasteiger partial charge < -0.3 is 9.47 Å². The van der Waals surface area contributed by atoms with E-state index in [0.717, 1.165) is 12.2 Å². The third-order valence-electron chi connectivity index (χ3n) is 8.29. The van der Waals surface area contributed by atoms with Crippen molar-refractivity contribution in [3.63, 3.8) is 0 Å². The fourth-order valence-electron chi connectivity index (χ4n) is 4.65. The normalized spacial score (nSPS) is 18.5. The lowest BCUT2D eigenvalue weighted by Crippen LogP contribution is -2.70. The molecule has 1 aliphatic rings. The van der Waals surface area contributed by atoms with Gasteiger partial charge in [-0.2, -0.15) is 114 Å². The van der Waals surface area contributed by atoms with Gasteiger partial charge in [-0.05, 0) is 24.5 Å². The Balaban J connectivity index is 2.54. The lowest BCUT2D eigenvalue weighted by atomic mass is 9.76. The molecule has 0 N–H and O–H groups in total. The Labute approximate surface area is 294 Å². The molecule has 1 heterocycles. The summed E-state index contributed by atoms with van der Waals surface area (Å²) in [6, 6.07) is 7.08. The zero-order valence-corrected chi connectivity index (χ0v) is 26.5. The van der Waals surface area contributed by atoms with Crippen LogP contribution in [0.2, 0.25) is 0 Å². The molecule has 1 fully saturated rings. The first kappa shape index (κ1) is 49.2. The van der Waals surface area contributed by atoms with Gasteiger partial charge in [0.25, 0.3) is 0 Å². The van der Waals surface area contributed by atoms with Crippen LogP contribution >= 0.6 is 0 Å². The van der Waals surface area contributed by atoms with Gasteiger partial charge in [0.05, 0.1) is 13.2 Å². The lowest BCUT2D eigenvalue weighted by molar-refractivity contribution is -0.441. The quantitative estimate of drug-likeness (QED) is 0.154. The minimum absolute atomic E-state index is 0.294. The van der Waals surface area contributed by atoms with Crippen LogP contribution in [0.15, 0.2) is 36.4 Å². The largest absolute Gasteiger partial charge is 0.460 e. The summed E-state index contributed by atoms with van der Waals surface area (Å²) in [4.78, 5) is 0. The van der Waals surface area contributed by atoms with Gasteiger partial charge in [0.15, 0.2) is 6.29 Å². The molecule has 0 amide bonds. The van der Waals surface area contributed by atoms with E-state index in [9.17, 15) is 114 Å². The molecule has 0 saturated carbocycles. The van der Waals surface area contributed by atoms with Crippen LogP contribution in [0.5, 0.6) is 0 Å². The molecule has 56 heavy (non-hydrogen) atoms. The van der Waals surface area contributed by atoms with Gasteiger partial charge in [0.1, 0.15) is 0 Å². The molecular weight excluding hydrogens is 862 g/mol. The number of rotatable bonds is 16. The van der Waals surface area contributed by atoms with Gasteiger partial charge in [0, 0.05) is 18.3 Å². The summed E-state index contributed by atoms with van der Waals surface area (Å²) >= 11 is 0. The van der Waals surface area contributed by atoms with E-state index < -0.39 is 122 Å². The van der Waals surface area contributed by atoms with Crippen molar-refractivity contribution in [2.24, 2.45) is 5.41 Å². The van der Waals surface area contributed by atoms with Crippen LogP contribution in [-0.2, 0) is 9.47 Å². The molecule has 0 spiro atoms. The van der Waals surface area contributed by atoms with Crippen LogP contribution in [0, 0.1) is 5.41 Å². The number of halogens is 26. The summed E-state index contributed by atoms with van der Waals surface area (Å²) in [7, 11) is 0. The van der Waals surface area contributed by atoms with Crippen molar-refractivity contribution in [1.29, 1.82) is 0 Å². The Bertz CT molecular complexity index is 1420. The van der Waals surface area contributed by atoms with Crippen LogP contribution < -0.4 is 0 Å². The van der Waals surface area contributed by atoms with Gasteiger partial charge in [-0.1, -0.05) is 36.4 Å². The highest BCUT2D eigenvalue weighted by Crippen LogP contribution is 2.63. The molecule has 0 radical (unpaired) electrons. The maximum absolute atomic E-state index is 14.6. The van der Waals surface area contributed by atoms with Crippen molar-refractivity contribution in [3.05, 3.63) is 42.0 Å². The molecule has 0 atom stereocenters. The topological polar surface area (TPSA) is 18.5 Å². The van der Waals surface area contributed by atoms with Gasteiger partial charge in [0.2, 0.25) is 0 Å². The molecule has 1 aromatic rings. The molecule has 0 aromatic heterocycles. The molecular formula is C28H20F26O2. The third-order valence-corrected chi connectivity index (χ3v) is 8.29. The van der Waals surface area contributed by atoms with Crippen LogP contribution in [0.4, 0.5) is 114 Å². The molecule has 28 heteroatoms. The van der Waals surface area contributed by atoms with Crippen LogP contribution in [0.3, 0.4) is 0 Å². The third kappa shape index (κ3) is 8.05. The van der Waals surface area contributed by atoms with E-state index >= 15 is 0 Å². The van der Waals surface area contributed by atoms with E-state index in [-0.39, 0.29) is 0 Å². The van der Waals surface area contributed by atoms with E-state index in [2.05, 4.69) is 0 Å². The summed E-state index contributed by atoms with van der Waals surface area (Å²) in [5.41, 5.74) is -2.92. The molecule has 2 rings (SSSR count). The Morgan fingerprint density at radius 3 is 1.05 bits per heavy atom. The molecule has 2 nitrogen and oxygen atoms in total. The van der Waals surface area contributed by atoms with Crippen molar-refractivity contribution >= 4 is 6.08 Å². The second kappa shape index (κ2) is 14.7. The second-order valence-electron chi connectivity index (χ2n) is 12.3. The molecule has 326 valence electrons. The summed E-state index contributed by atoms with van der Waals surface area (Å²) in [6.45, 7) is -3.28. The fourth-order valence-corrected chi connectivity index (χ4v) is 4.65. The first-order valence-corrected chi connectivity index (χ1v) is 14.4. The van der Waals surface area contributed by atoms with E-state index in [0.29, 0.717) is 5.56 Å². The fraction of sp³-hybridized carbons (Fsp3) is 0.714. The predicted molar refractivity (Wildman–Crippen MR) is 134 cm³/mol. The van der Waals surface area contributed by atoms with Crippen molar-refractivity contribution in [2.45, 2.75) is 104 Å². The van der Waals surface area contributed by atoms with Gasteiger partial charge in [-0.25, -0.2) is 0 Å². The van der Waals surface area contributed by atoms with Crippen molar-refractivity contribution < 1.29 is 124 Å². The maximum atomic E-state index is 14.6. The van der Waals surface area contributed by atoms with E-state index in [1.807, 2.05) is 0 Å². The molecule has 0 unspecified atom stereocenters. The molecule has 1 aliphatic heterocycles. The number of hydrogen-bond acceptors (Lipinski definition) is 2. The van der Waals surface area contributed by atoms with Crippen LogP contribution in [0.1, 0.15) is 31.2 Å². The Morgan fingerprint density at radius 1 is 0.446 bits per heavy atom. The highest BCUT2D eigenvalue weighted by molar-refractivity contribution is 5.49. The minimum Gasteiger partial charge on any atom is -0.348 e. The van der Waals surface area contributed by atoms with E-state index in [1.54, 1.807) is 0 Å². The van der Waals surface area contributed by atoms with Gasteiger partial charge >= 0.3 is 71.6 Å². The first-order valence-electron chi connectivity index (χ1n) is 14.4. The summed E-state index contributed by atoms with van der Waals surface area (Å²) in [5, 5.41) is 0. The van der Waals surface area contributed by atoms with Gasteiger partial charge in [-0.3, -0.25) is 0 Å². The second-order valence-corrected chi connectivity index (χ2v) is 12.3. The maximum Gasteiger partial charge on any atom is 0.460 e. The van der Waals surface area contributed by atoms with Crippen molar-refractivity contribution in [1.82, 2.24) is 0 Å². The lowest BCUT2D eigenvalue weighted by Gasteiger charge is -2.44. The Hall–Kier alpha value is -2.94. The van der Waals surface area contributed by atoms with E-state index in [1.165, 1.54) is 30.3 Å². The zero-order chi connectivity index (χ0) is 44.3. The van der Waals surface area contributed by atoms with Crippen molar-refractivity contribution in [3.8, 4) is 0 Å². The van der Waals surface area contributed by atoms with Crippen LogP contribution in [0.25, 0.3) is 6.08 Å². The number of alkyl halides is 26. The van der Waals surface area contributed by atoms with Crippen LogP contribution in [-0.4, -0.2) is 91.1 Å². The molecule has 1 aromatic carbocycles. The predicted octanol–water partition coefficient (Wildman–Crippen LogP) is 12.1. The Morgan fingerprint density at radius 2 is 0.750 bits per heavy atom. The highest BCUT2D eigenvalue weighted by atomic mass is 19.4. The number of hydrogen-bond donors (Lipinski definition) is 0. The average Bonchev–Trinajstić information content (AvgIpc) is 3.05. The Kier molecular flexibility index (Phi) is 12.9. The zero-order valence-electron chi connectivity index (χ0n) is 26.5. The highest BCUT2D eigenvalue weighted by Gasteiger charge is 2.92.